The van der Waals surface area contributed by atoms with Crippen LogP contribution >= 0.6 is 0 Å². The molecular formula is C29H34O4. The first kappa shape index (κ1) is 22.2. The molecule has 0 unspecified atom stereocenters. The van der Waals surface area contributed by atoms with E-state index in [4.69, 9.17) is 9.47 Å². The summed E-state index contributed by atoms with van der Waals surface area (Å²) < 4.78 is 11.2. The number of rotatable bonds is 6. The fourth-order valence-corrected chi connectivity index (χ4v) is 6.93. The molecule has 2 fully saturated rings. The standard InChI is InChI=1S/C29H34O4/c1-3-32-27(30)17-21-16-26-25-11-9-20-15-22(33-18-19-7-5-4-6-8-19)10-12-23(20)24(25)13-14-29(26,2)28(21)31/h4-8,10,12,15,21,24-26H,3,9,11,13-14,16-18H2,1-2H3/t21-,24+,25+,26-,29-/m0/s1. The van der Waals surface area contributed by atoms with Crippen LogP contribution in [0.3, 0.4) is 0 Å². The summed E-state index contributed by atoms with van der Waals surface area (Å²) in [6, 6.07) is 16.9. The number of ether oxygens (including phenoxy) is 2. The Morgan fingerprint density at radius 1 is 1.12 bits per heavy atom. The molecule has 3 aliphatic carbocycles. The summed E-state index contributed by atoms with van der Waals surface area (Å²) in [6.07, 6.45) is 5.19. The van der Waals surface area contributed by atoms with Crippen molar-refractivity contribution in [3.8, 4) is 5.75 Å². The van der Waals surface area contributed by atoms with Crippen LogP contribution in [0.4, 0.5) is 0 Å². The van der Waals surface area contributed by atoms with Crippen LogP contribution in [0, 0.1) is 23.2 Å². The van der Waals surface area contributed by atoms with E-state index >= 15 is 0 Å². The molecule has 0 N–H and O–H groups in total. The molecule has 0 heterocycles. The molecule has 0 amide bonds. The first-order valence-electron chi connectivity index (χ1n) is 12.5. The molecule has 5 atom stereocenters. The van der Waals surface area contributed by atoms with Gasteiger partial charge < -0.3 is 9.47 Å². The second-order valence-electron chi connectivity index (χ2n) is 10.3. The fourth-order valence-electron chi connectivity index (χ4n) is 6.93. The van der Waals surface area contributed by atoms with Crippen molar-refractivity contribution in [3.63, 3.8) is 0 Å². The van der Waals surface area contributed by atoms with Gasteiger partial charge in [-0.3, -0.25) is 9.59 Å². The van der Waals surface area contributed by atoms with E-state index < -0.39 is 0 Å². The highest BCUT2D eigenvalue weighted by molar-refractivity contribution is 5.92. The first-order chi connectivity index (χ1) is 16.0. The van der Waals surface area contributed by atoms with Crippen LogP contribution in [0.5, 0.6) is 5.75 Å². The average Bonchev–Trinajstić information content (AvgIpc) is 3.08. The Kier molecular flexibility index (Phi) is 6.03. The molecule has 2 aromatic carbocycles. The van der Waals surface area contributed by atoms with Crippen molar-refractivity contribution < 1.29 is 19.1 Å². The lowest BCUT2D eigenvalue weighted by molar-refractivity contribution is -0.146. The van der Waals surface area contributed by atoms with E-state index in [-0.39, 0.29) is 23.7 Å². The monoisotopic (exact) mass is 446 g/mol. The number of benzene rings is 2. The third-order valence-corrected chi connectivity index (χ3v) is 8.53. The van der Waals surface area contributed by atoms with Crippen molar-refractivity contribution in [3.05, 3.63) is 65.2 Å². The molecule has 5 rings (SSSR count). The maximum absolute atomic E-state index is 13.3. The minimum atomic E-state index is -0.283. The van der Waals surface area contributed by atoms with Gasteiger partial charge in [0.15, 0.2) is 0 Å². The van der Waals surface area contributed by atoms with Gasteiger partial charge in [-0.05, 0) is 85.6 Å². The Labute approximate surface area is 196 Å². The Hall–Kier alpha value is -2.62. The van der Waals surface area contributed by atoms with E-state index in [1.807, 2.05) is 25.1 Å². The van der Waals surface area contributed by atoms with Gasteiger partial charge in [0, 0.05) is 11.3 Å². The second-order valence-corrected chi connectivity index (χ2v) is 10.3. The van der Waals surface area contributed by atoms with Crippen LogP contribution in [-0.2, 0) is 27.4 Å². The molecule has 4 nitrogen and oxygen atoms in total. The predicted octanol–water partition coefficient (Wildman–Crippen LogP) is 5.87. The Morgan fingerprint density at radius 2 is 1.94 bits per heavy atom. The van der Waals surface area contributed by atoms with Crippen molar-refractivity contribution >= 4 is 11.8 Å². The molecule has 0 saturated heterocycles. The van der Waals surface area contributed by atoms with Crippen molar-refractivity contribution in [2.24, 2.45) is 23.2 Å². The number of carbonyl (C=O) groups excluding carboxylic acids is 2. The van der Waals surface area contributed by atoms with Crippen LogP contribution in [0.1, 0.15) is 68.6 Å². The Morgan fingerprint density at radius 3 is 2.73 bits per heavy atom. The molecule has 3 aliphatic rings. The molecule has 0 radical (unpaired) electrons. The summed E-state index contributed by atoms with van der Waals surface area (Å²) in [5, 5.41) is 0. The van der Waals surface area contributed by atoms with Gasteiger partial charge >= 0.3 is 5.97 Å². The predicted molar refractivity (Wildman–Crippen MR) is 127 cm³/mol. The van der Waals surface area contributed by atoms with Gasteiger partial charge in [-0.25, -0.2) is 0 Å². The van der Waals surface area contributed by atoms with E-state index in [0.29, 0.717) is 36.8 Å². The first-order valence-corrected chi connectivity index (χ1v) is 12.5. The van der Waals surface area contributed by atoms with Gasteiger partial charge in [-0.2, -0.15) is 0 Å². The van der Waals surface area contributed by atoms with Gasteiger partial charge in [-0.15, -0.1) is 0 Å². The minimum Gasteiger partial charge on any atom is -0.489 e. The summed E-state index contributed by atoms with van der Waals surface area (Å²) in [5.74, 6) is 2.22. The molecule has 0 aromatic heterocycles. The molecule has 174 valence electrons. The summed E-state index contributed by atoms with van der Waals surface area (Å²) in [7, 11) is 0. The van der Waals surface area contributed by atoms with E-state index in [1.54, 1.807) is 0 Å². The lowest BCUT2D eigenvalue weighted by atomic mass is 9.55. The van der Waals surface area contributed by atoms with E-state index in [0.717, 1.165) is 37.9 Å². The highest BCUT2D eigenvalue weighted by atomic mass is 16.5. The Balaban J connectivity index is 1.31. The van der Waals surface area contributed by atoms with Crippen molar-refractivity contribution in [2.75, 3.05) is 6.61 Å². The summed E-state index contributed by atoms with van der Waals surface area (Å²) >= 11 is 0. The maximum atomic E-state index is 13.3. The van der Waals surface area contributed by atoms with Crippen LogP contribution in [-0.4, -0.2) is 18.4 Å². The molecule has 33 heavy (non-hydrogen) atoms. The number of hydrogen-bond donors (Lipinski definition) is 0. The molecular weight excluding hydrogens is 412 g/mol. The quantitative estimate of drug-likeness (QED) is 0.521. The van der Waals surface area contributed by atoms with Gasteiger partial charge in [-0.1, -0.05) is 43.3 Å². The summed E-state index contributed by atoms with van der Waals surface area (Å²) in [5.41, 5.74) is 3.73. The van der Waals surface area contributed by atoms with Gasteiger partial charge in [0.1, 0.15) is 18.1 Å². The smallest absolute Gasteiger partial charge is 0.306 e. The molecule has 0 aliphatic heterocycles. The number of Topliss-reactive ketones (excluding diaryl/α,β-unsaturated/α-hetero) is 1. The number of aryl methyl sites for hydroxylation is 1. The number of carbonyl (C=O) groups is 2. The third kappa shape index (κ3) is 4.09. The highest BCUT2D eigenvalue weighted by Crippen LogP contribution is 2.61. The van der Waals surface area contributed by atoms with Crippen LogP contribution in [0.2, 0.25) is 0 Å². The van der Waals surface area contributed by atoms with E-state index in [9.17, 15) is 9.59 Å². The van der Waals surface area contributed by atoms with Gasteiger partial charge in [0.05, 0.1) is 13.0 Å². The van der Waals surface area contributed by atoms with Gasteiger partial charge in [0.25, 0.3) is 0 Å². The van der Waals surface area contributed by atoms with Crippen LogP contribution in [0.15, 0.2) is 48.5 Å². The van der Waals surface area contributed by atoms with Crippen LogP contribution < -0.4 is 4.74 Å². The SMILES string of the molecule is CCOC(=O)C[C@@H]1C[C@H]2[C@@H]3CCc4cc(OCc5ccccc5)ccc4[C@H]3CC[C@]2(C)C1=O. The van der Waals surface area contributed by atoms with E-state index in [2.05, 4.69) is 37.3 Å². The largest absolute Gasteiger partial charge is 0.489 e. The van der Waals surface area contributed by atoms with Crippen molar-refractivity contribution in [1.82, 2.24) is 0 Å². The number of ketones is 1. The third-order valence-electron chi connectivity index (χ3n) is 8.53. The summed E-state index contributed by atoms with van der Waals surface area (Å²) in [4.78, 5) is 25.4. The summed E-state index contributed by atoms with van der Waals surface area (Å²) in [6.45, 7) is 4.93. The topological polar surface area (TPSA) is 52.6 Å². The average molecular weight is 447 g/mol. The van der Waals surface area contributed by atoms with Crippen LogP contribution in [0.25, 0.3) is 0 Å². The highest BCUT2D eigenvalue weighted by Gasteiger charge is 2.58. The Bertz CT molecular complexity index is 1030. The molecule has 4 heteroatoms. The zero-order valence-corrected chi connectivity index (χ0v) is 19.7. The lowest BCUT2D eigenvalue weighted by Crippen LogP contribution is -2.42. The number of esters is 1. The minimum absolute atomic E-state index is 0.173. The number of fused-ring (bicyclic) bond motifs is 5. The van der Waals surface area contributed by atoms with E-state index in [1.165, 1.54) is 16.7 Å². The van der Waals surface area contributed by atoms with Gasteiger partial charge in [0.2, 0.25) is 0 Å². The molecule has 0 bridgehead atoms. The zero-order chi connectivity index (χ0) is 23.0. The molecule has 2 saturated carbocycles. The second kappa shape index (κ2) is 8.96. The lowest BCUT2D eigenvalue weighted by Gasteiger charge is -2.48. The van der Waals surface area contributed by atoms with Crippen molar-refractivity contribution in [1.29, 1.82) is 0 Å². The van der Waals surface area contributed by atoms with Crippen molar-refractivity contribution in [2.45, 2.75) is 64.9 Å². The molecule has 2 aromatic rings. The molecule has 0 spiro atoms. The normalized spacial score (nSPS) is 30.2. The number of hydrogen-bond acceptors (Lipinski definition) is 4. The fraction of sp³-hybridized carbons (Fsp3) is 0.517. The maximum Gasteiger partial charge on any atom is 0.306 e. The zero-order valence-electron chi connectivity index (χ0n) is 19.7.